The molecule has 0 unspecified atom stereocenters. The van der Waals surface area contributed by atoms with E-state index >= 15 is 0 Å². The summed E-state index contributed by atoms with van der Waals surface area (Å²) in [6, 6.07) is 0. The number of aromatic nitrogens is 8. The first-order valence-corrected chi connectivity index (χ1v) is 6.36. The highest BCUT2D eigenvalue weighted by atomic mass is 15.6. The van der Waals surface area contributed by atoms with Gasteiger partial charge in [0, 0.05) is 49.6 Å². The van der Waals surface area contributed by atoms with Gasteiger partial charge in [0.1, 0.15) is 0 Å². The van der Waals surface area contributed by atoms with Crippen LogP contribution in [0, 0.1) is 0 Å². The maximum atomic E-state index is 4.18. The predicted octanol–water partition coefficient (Wildman–Crippen LogP) is 0.685. The van der Waals surface area contributed by atoms with E-state index in [1.165, 1.54) is 0 Å². The van der Waals surface area contributed by atoms with Crippen molar-refractivity contribution < 1.29 is 0 Å². The molecule has 0 atom stereocenters. The Kier molecular flexibility index (Phi) is 2.46. The molecular weight excluding hydrogens is 268 g/mol. The maximum absolute atomic E-state index is 4.18. The van der Waals surface area contributed by atoms with E-state index in [1.807, 2.05) is 43.1 Å². The minimum Gasteiger partial charge on any atom is -0.277 e. The molecule has 0 aliphatic carbocycles. The second-order valence-electron chi connectivity index (χ2n) is 4.48. The van der Waals surface area contributed by atoms with Gasteiger partial charge in [0.15, 0.2) is 0 Å². The van der Waals surface area contributed by atoms with Gasteiger partial charge in [-0.2, -0.15) is 0 Å². The summed E-state index contributed by atoms with van der Waals surface area (Å²) in [6.07, 6.45) is 21.5. The molecule has 0 bridgehead atoms. The third-order valence-corrected chi connectivity index (χ3v) is 3.40. The topological polar surface area (TPSA) is 71.3 Å². The second kappa shape index (κ2) is 4.44. The van der Waals surface area contributed by atoms with Gasteiger partial charge in [0.05, 0.1) is 25.3 Å². The molecule has 4 aromatic heterocycles. The number of hydrogen-bond donors (Lipinski definition) is 0. The summed E-state index contributed by atoms with van der Waals surface area (Å²) in [5.74, 6) is -0.792. The first-order chi connectivity index (χ1) is 10.4. The van der Waals surface area contributed by atoms with Crippen molar-refractivity contribution in [2.75, 3.05) is 0 Å². The van der Waals surface area contributed by atoms with Crippen LogP contribution in [0.15, 0.2) is 74.9 Å². The lowest BCUT2D eigenvalue weighted by atomic mass is 10.4. The molecule has 0 amide bonds. The average molecular weight is 280 g/mol. The molecule has 0 saturated carbocycles. The van der Waals surface area contributed by atoms with Gasteiger partial charge >= 0.3 is 0 Å². The van der Waals surface area contributed by atoms with Gasteiger partial charge in [-0.05, 0) is 0 Å². The Hall–Kier alpha value is -3.16. The summed E-state index contributed by atoms with van der Waals surface area (Å²) in [4.78, 5) is 16.7. The zero-order valence-corrected chi connectivity index (χ0v) is 11.0. The van der Waals surface area contributed by atoms with Crippen molar-refractivity contribution in [3.63, 3.8) is 0 Å². The lowest BCUT2D eigenvalue weighted by molar-refractivity contribution is 0.128. The summed E-state index contributed by atoms with van der Waals surface area (Å²) in [5.41, 5.74) is 0. The molecule has 4 rings (SSSR count). The number of imidazole rings is 4. The predicted molar refractivity (Wildman–Crippen MR) is 73.1 cm³/mol. The number of rotatable bonds is 4. The van der Waals surface area contributed by atoms with Crippen molar-refractivity contribution in [2.24, 2.45) is 0 Å². The second-order valence-corrected chi connectivity index (χ2v) is 4.48. The molecule has 0 aliphatic heterocycles. The molecule has 0 radical (unpaired) electrons. The lowest BCUT2D eigenvalue weighted by Crippen LogP contribution is -2.52. The van der Waals surface area contributed by atoms with Gasteiger partial charge in [-0.25, -0.2) is 19.9 Å². The highest BCUT2D eigenvalue weighted by Crippen LogP contribution is 2.24. The summed E-state index contributed by atoms with van der Waals surface area (Å²) in [6.45, 7) is 0. The molecule has 4 heterocycles. The molecule has 0 N–H and O–H groups in total. The van der Waals surface area contributed by atoms with E-state index in [0.29, 0.717) is 0 Å². The summed E-state index contributed by atoms with van der Waals surface area (Å²) >= 11 is 0. The van der Waals surface area contributed by atoms with Crippen LogP contribution in [0.2, 0.25) is 0 Å². The Balaban J connectivity index is 2.10. The Labute approximate surface area is 120 Å². The van der Waals surface area contributed by atoms with E-state index in [-0.39, 0.29) is 0 Å². The maximum Gasteiger partial charge on any atom is 0.296 e. The van der Waals surface area contributed by atoms with Crippen LogP contribution >= 0.6 is 0 Å². The van der Waals surface area contributed by atoms with Gasteiger partial charge < -0.3 is 0 Å². The molecular formula is C13H12N8. The van der Waals surface area contributed by atoms with Crippen LogP contribution in [0.3, 0.4) is 0 Å². The van der Waals surface area contributed by atoms with E-state index in [4.69, 9.17) is 0 Å². The van der Waals surface area contributed by atoms with E-state index in [2.05, 4.69) is 19.9 Å². The Morgan fingerprint density at radius 1 is 0.476 bits per heavy atom. The van der Waals surface area contributed by atoms with E-state index < -0.39 is 5.91 Å². The molecule has 0 saturated heterocycles. The van der Waals surface area contributed by atoms with Crippen LogP contribution in [0.4, 0.5) is 0 Å². The molecule has 0 aliphatic rings. The van der Waals surface area contributed by atoms with Gasteiger partial charge in [0.25, 0.3) is 5.91 Å². The lowest BCUT2D eigenvalue weighted by Gasteiger charge is -2.37. The largest absolute Gasteiger partial charge is 0.296 e. The van der Waals surface area contributed by atoms with Crippen molar-refractivity contribution in [3.05, 3.63) is 74.9 Å². The van der Waals surface area contributed by atoms with Crippen LogP contribution < -0.4 is 0 Å². The molecule has 0 fully saturated rings. The molecule has 0 spiro atoms. The first-order valence-electron chi connectivity index (χ1n) is 6.36. The summed E-state index contributed by atoms with van der Waals surface area (Å²) in [7, 11) is 0. The smallest absolute Gasteiger partial charge is 0.277 e. The molecule has 21 heavy (non-hydrogen) atoms. The van der Waals surface area contributed by atoms with Crippen molar-refractivity contribution in [3.8, 4) is 0 Å². The van der Waals surface area contributed by atoms with Crippen molar-refractivity contribution in [2.45, 2.75) is 5.91 Å². The zero-order chi connectivity index (χ0) is 14.1. The highest BCUT2D eigenvalue weighted by Gasteiger charge is 2.37. The van der Waals surface area contributed by atoms with E-state index in [0.717, 1.165) is 0 Å². The fourth-order valence-electron chi connectivity index (χ4n) is 2.55. The van der Waals surface area contributed by atoms with E-state index in [9.17, 15) is 0 Å². The van der Waals surface area contributed by atoms with Crippen LogP contribution in [0.1, 0.15) is 0 Å². The standard InChI is InChI=1S/C13H12N8/c1-5-18(9-14-1)13(19-6-2-15-10-19,20-7-3-16-11-20)21-8-4-17-12-21/h1-12H. The van der Waals surface area contributed by atoms with Crippen molar-refractivity contribution in [1.82, 2.24) is 38.2 Å². The number of nitrogens with zero attached hydrogens (tertiary/aromatic N) is 8. The van der Waals surface area contributed by atoms with Crippen LogP contribution in [0.25, 0.3) is 0 Å². The van der Waals surface area contributed by atoms with Gasteiger partial charge in [0.2, 0.25) is 0 Å². The normalized spacial score (nSPS) is 11.8. The van der Waals surface area contributed by atoms with E-state index in [1.54, 1.807) is 50.1 Å². The first kappa shape index (κ1) is 11.6. The zero-order valence-electron chi connectivity index (χ0n) is 11.0. The van der Waals surface area contributed by atoms with Crippen LogP contribution in [0.5, 0.6) is 0 Å². The molecule has 4 aromatic rings. The number of hydrogen-bond acceptors (Lipinski definition) is 4. The van der Waals surface area contributed by atoms with Crippen molar-refractivity contribution in [1.29, 1.82) is 0 Å². The Morgan fingerprint density at radius 2 is 0.762 bits per heavy atom. The quantitative estimate of drug-likeness (QED) is 0.551. The molecule has 0 aromatic carbocycles. The Bertz CT molecular complexity index is 638. The van der Waals surface area contributed by atoms with Gasteiger partial charge in [-0.1, -0.05) is 0 Å². The third-order valence-electron chi connectivity index (χ3n) is 3.40. The molecule has 8 heteroatoms. The SMILES string of the molecule is c1cn(C(n2ccnc2)(n2ccnc2)n2ccnc2)cn1. The van der Waals surface area contributed by atoms with Crippen LogP contribution in [-0.2, 0) is 5.91 Å². The summed E-state index contributed by atoms with van der Waals surface area (Å²) in [5, 5.41) is 0. The fourth-order valence-corrected chi connectivity index (χ4v) is 2.55. The highest BCUT2D eigenvalue weighted by molar-refractivity contribution is 5.02. The molecule has 104 valence electrons. The third kappa shape index (κ3) is 1.55. The van der Waals surface area contributed by atoms with Crippen molar-refractivity contribution >= 4 is 0 Å². The van der Waals surface area contributed by atoms with Gasteiger partial charge in [-0.3, -0.25) is 18.3 Å². The fraction of sp³-hybridized carbons (Fsp3) is 0.0769. The minimum absolute atomic E-state index is 0.792. The molecule has 8 nitrogen and oxygen atoms in total. The summed E-state index contributed by atoms with van der Waals surface area (Å²) < 4.78 is 7.83. The van der Waals surface area contributed by atoms with Crippen LogP contribution in [-0.4, -0.2) is 38.2 Å². The minimum atomic E-state index is -0.792. The average Bonchev–Trinajstić information content (AvgIpc) is 3.32. The monoisotopic (exact) mass is 280 g/mol. The van der Waals surface area contributed by atoms with Gasteiger partial charge in [-0.15, -0.1) is 0 Å². The Morgan fingerprint density at radius 3 is 0.952 bits per heavy atom.